The lowest BCUT2D eigenvalue weighted by Gasteiger charge is -2.14. The zero-order chi connectivity index (χ0) is 15.0. The van der Waals surface area contributed by atoms with Crippen LogP contribution in [0, 0.1) is 0 Å². The highest BCUT2D eigenvalue weighted by Gasteiger charge is 2.18. The van der Waals surface area contributed by atoms with Crippen LogP contribution in [-0.4, -0.2) is 23.1 Å². The average Bonchev–Trinajstić information content (AvgIpc) is 2.41. The van der Waals surface area contributed by atoms with Crippen molar-refractivity contribution < 1.29 is 14.7 Å². The first-order valence-electron chi connectivity index (χ1n) is 6.54. The Balaban J connectivity index is 2.43. The van der Waals surface area contributed by atoms with Gasteiger partial charge in [-0.2, -0.15) is 0 Å². The van der Waals surface area contributed by atoms with E-state index in [4.69, 9.17) is 16.7 Å². The van der Waals surface area contributed by atoms with Crippen molar-refractivity contribution in [1.82, 2.24) is 10.6 Å². The minimum absolute atomic E-state index is 0.298. The number of rotatable bonds is 7. The molecule has 5 nitrogen and oxygen atoms in total. The lowest BCUT2D eigenvalue weighted by Crippen LogP contribution is -2.45. The molecule has 3 N–H and O–H groups in total. The number of carbonyl (C=O) groups excluding carboxylic acids is 1. The molecule has 0 unspecified atom stereocenters. The minimum atomic E-state index is -1.02. The van der Waals surface area contributed by atoms with Crippen molar-refractivity contribution in [3.8, 4) is 0 Å². The summed E-state index contributed by atoms with van der Waals surface area (Å²) >= 11 is 5.84. The van der Waals surface area contributed by atoms with E-state index in [1.54, 1.807) is 18.2 Å². The maximum atomic E-state index is 11.7. The predicted molar refractivity (Wildman–Crippen MR) is 77.8 cm³/mol. The summed E-state index contributed by atoms with van der Waals surface area (Å²) in [6, 6.07) is 5.77. The Labute approximate surface area is 123 Å². The van der Waals surface area contributed by atoms with E-state index >= 15 is 0 Å². The molecule has 20 heavy (non-hydrogen) atoms. The summed E-state index contributed by atoms with van der Waals surface area (Å²) in [6.45, 7) is 2.27. The number of unbranched alkanes of at least 4 members (excludes halogenated alkanes) is 1. The molecule has 0 bridgehead atoms. The van der Waals surface area contributed by atoms with Crippen LogP contribution in [0.15, 0.2) is 24.3 Å². The van der Waals surface area contributed by atoms with Crippen LogP contribution in [0.4, 0.5) is 4.79 Å². The molecule has 0 aliphatic carbocycles. The second-order valence-corrected chi connectivity index (χ2v) is 4.93. The van der Waals surface area contributed by atoms with E-state index in [-0.39, 0.29) is 0 Å². The van der Waals surface area contributed by atoms with Crippen molar-refractivity contribution in [2.24, 2.45) is 0 Å². The standard InChI is InChI=1S/C14H19ClN2O3/c1-2-3-7-12(13(18)19)17-14(20)16-9-10-5-4-6-11(15)8-10/h4-6,8,12H,2-3,7,9H2,1H3,(H,18,19)(H2,16,17,20)/t12-/m0/s1. The van der Waals surface area contributed by atoms with Gasteiger partial charge in [-0.3, -0.25) is 0 Å². The van der Waals surface area contributed by atoms with Crippen molar-refractivity contribution in [3.63, 3.8) is 0 Å². The zero-order valence-corrected chi connectivity index (χ0v) is 12.1. The largest absolute Gasteiger partial charge is 0.480 e. The molecule has 0 saturated carbocycles. The van der Waals surface area contributed by atoms with Gasteiger partial charge in [0.25, 0.3) is 0 Å². The van der Waals surface area contributed by atoms with Gasteiger partial charge in [0.05, 0.1) is 0 Å². The van der Waals surface area contributed by atoms with Crippen molar-refractivity contribution >= 4 is 23.6 Å². The maximum absolute atomic E-state index is 11.7. The molecule has 0 heterocycles. The number of benzene rings is 1. The number of nitrogens with one attached hydrogen (secondary N) is 2. The summed E-state index contributed by atoms with van der Waals surface area (Å²) < 4.78 is 0. The minimum Gasteiger partial charge on any atom is -0.480 e. The van der Waals surface area contributed by atoms with Crippen LogP contribution < -0.4 is 10.6 Å². The van der Waals surface area contributed by atoms with Crippen LogP contribution in [0.1, 0.15) is 31.7 Å². The third-order valence-electron chi connectivity index (χ3n) is 2.79. The van der Waals surface area contributed by atoms with Gasteiger partial charge in [0.2, 0.25) is 0 Å². The van der Waals surface area contributed by atoms with Gasteiger partial charge in [-0.05, 0) is 24.1 Å². The normalized spacial score (nSPS) is 11.7. The first-order valence-corrected chi connectivity index (χ1v) is 6.92. The number of hydrogen-bond acceptors (Lipinski definition) is 2. The molecule has 0 aliphatic heterocycles. The van der Waals surface area contributed by atoms with E-state index in [1.807, 2.05) is 13.0 Å². The first kappa shape index (κ1) is 16.3. The van der Waals surface area contributed by atoms with Crippen LogP contribution in [0.2, 0.25) is 5.02 Å². The van der Waals surface area contributed by atoms with Gasteiger partial charge in [0, 0.05) is 11.6 Å². The highest BCUT2D eigenvalue weighted by molar-refractivity contribution is 6.30. The average molecular weight is 299 g/mol. The molecule has 2 amide bonds. The number of urea groups is 1. The summed E-state index contributed by atoms with van der Waals surface area (Å²) in [5.74, 6) is -1.02. The zero-order valence-electron chi connectivity index (χ0n) is 11.4. The summed E-state index contributed by atoms with van der Waals surface area (Å²) in [6.07, 6.45) is 2.07. The smallest absolute Gasteiger partial charge is 0.326 e. The van der Waals surface area contributed by atoms with Gasteiger partial charge >= 0.3 is 12.0 Å². The van der Waals surface area contributed by atoms with Crippen molar-refractivity contribution in [2.45, 2.75) is 38.8 Å². The van der Waals surface area contributed by atoms with E-state index in [0.717, 1.165) is 18.4 Å². The van der Waals surface area contributed by atoms with Crippen LogP contribution in [-0.2, 0) is 11.3 Å². The summed E-state index contributed by atoms with van der Waals surface area (Å²) in [4.78, 5) is 22.7. The van der Waals surface area contributed by atoms with Crippen LogP contribution in [0.25, 0.3) is 0 Å². The van der Waals surface area contributed by atoms with Gasteiger partial charge in [0.1, 0.15) is 6.04 Å². The summed E-state index contributed by atoms with van der Waals surface area (Å²) in [5.41, 5.74) is 0.855. The third-order valence-corrected chi connectivity index (χ3v) is 3.03. The topological polar surface area (TPSA) is 78.4 Å². The molecule has 1 atom stereocenters. The number of carbonyl (C=O) groups is 2. The highest BCUT2D eigenvalue weighted by atomic mass is 35.5. The number of halogens is 1. The molecule has 1 aromatic carbocycles. The van der Waals surface area contributed by atoms with Crippen LogP contribution in [0.3, 0.4) is 0 Å². The predicted octanol–water partition coefficient (Wildman–Crippen LogP) is 2.78. The number of carboxylic acid groups (broad SMARTS) is 1. The monoisotopic (exact) mass is 298 g/mol. The number of aliphatic carboxylic acids is 1. The second kappa shape index (κ2) is 8.43. The van der Waals surface area contributed by atoms with Gasteiger partial charge < -0.3 is 15.7 Å². The van der Waals surface area contributed by atoms with Gasteiger partial charge in [-0.25, -0.2) is 9.59 Å². The van der Waals surface area contributed by atoms with E-state index in [1.165, 1.54) is 0 Å². The van der Waals surface area contributed by atoms with Crippen LogP contribution >= 0.6 is 11.6 Å². The quantitative estimate of drug-likeness (QED) is 0.724. The van der Waals surface area contributed by atoms with Crippen molar-refractivity contribution in [3.05, 3.63) is 34.9 Å². The molecule has 6 heteroatoms. The molecule has 0 aromatic heterocycles. The number of hydrogen-bond donors (Lipinski definition) is 3. The molecule has 0 radical (unpaired) electrons. The van der Waals surface area contributed by atoms with E-state index in [2.05, 4.69) is 10.6 Å². The van der Waals surface area contributed by atoms with Gasteiger partial charge in [-0.1, -0.05) is 43.5 Å². The molecule has 0 saturated heterocycles. The Morgan fingerprint density at radius 1 is 1.40 bits per heavy atom. The molecule has 0 spiro atoms. The Kier molecular flexibility index (Phi) is 6.87. The van der Waals surface area contributed by atoms with E-state index in [9.17, 15) is 9.59 Å². The van der Waals surface area contributed by atoms with E-state index in [0.29, 0.717) is 18.0 Å². The maximum Gasteiger partial charge on any atom is 0.326 e. The molecular weight excluding hydrogens is 280 g/mol. The lowest BCUT2D eigenvalue weighted by molar-refractivity contribution is -0.139. The second-order valence-electron chi connectivity index (χ2n) is 4.49. The SMILES string of the molecule is CCCC[C@H](NC(=O)NCc1cccc(Cl)c1)C(=O)O. The number of amides is 2. The first-order chi connectivity index (χ1) is 9.52. The molecule has 0 aliphatic rings. The fraction of sp³-hybridized carbons (Fsp3) is 0.429. The summed E-state index contributed by atoms with van der Waals surface area (Å²) in [7, 11) is 0. The van der Waals surface area contributed by atoms with Crippen LogP contribution in [0.5, 0.6) is 0 Å². The molecule has 0 fully saturated rings. The Hall–Kier alpha value is -1.75. The Bertz CT molecular complexity index is 465. The Morgan fingerprint density at radius 3 is 2.75 bits per heavy atom. The lowest BCUT2D eigenvalue weighted by atomic mass is 10.1. The molecule has 1 aromatic rings. The Morgan fingerprint density at radius 2 is 2.15 bits per heavy atom. The highest BCUT2D eigenvalue weighted by Crippen LogP contribution is 2.10. The molecular formula is C14H19ClN2O3. The van der Waals surface area contributed by atoms with Gasteiger partial charge in [-0.15, -0.1) is 0 Å². The number of carboxylic acids is 1. The fourth-order valence-electron chi connectivity index (χ4n) is 1.70. The van der Waals surface area contributed by atoms with Crippen molar-refractivity contribution in [2.75, 3.05) is 0 Å². The fourth-order valence-corrected chi connectivity index (χ4v) is 1.92. The third kappa shape index (κ3) is 5.93. The molecule has 110 valence electrons. The van der Waals surface area contributed by atoms with Gasteiger partial charge in [0.15, 0.2) is 0 Å². The molecule has 1 rings (SSSR count). The van der Waals surface area contributed by atoms with E-state index < -0.39 is 18.0 Å². The summed E-state index contributed by atoms with van der Waals surface area (Å²) in [5, 5.41) is 14.7. The van der Waals surface area contributed by atoms with Crippen molar-refractivity contribution in [1.29, 1.82) is 0 Å².